The molecule has 0 unspecified atom stereocenters. The van der Waals surface area contributed by atoms with Gasteiger partial charge in [0.15, 0.2) is 0 Å². The Morgan fingerprint density at radius 3 is 0.958 bits per heavy atom. The van der Waals surface area contributed by atoms with E-state index < -0.39 is 0 Å². The molecule has 0 heterocycles. The monoisotopic (exact) mass is 924 g/mol. The Labute approximate surface area is 422 Å². The lowest BCUT2D eigenvalue weighted by Crippen LogP contribution is -2.16. The fourth-order valence-electron chi connectivity index (χ4n) is 10.2. The van der Waals surface area contributed by atoms with Crippen LogP contribution in [-0.4, -0.2) is 0 Å². The molecular weight excluding hydrogens is 873 g/mol. The zero-order valence-corrected chi connectivity index (χ0v) is 39.9. The van der Waals surface area contributed by atoms with Crippen LogP contribution >= 0.6 is 0 Å². The highest BCUT2D eigenvalue weighted by Crippen LogP contribution is 2.44. The molecule has 72 heavy (non-hydrogen) atoms. The topological polar surface area (TPSA) is 13.0 Å². The van der Waals surface area contributed by atoms with Crippen molar-refractivity contribution in [3.8, 4) is 11.1 Å². The first-order valence-corrected chi connectivity index (χ1v) is 24.8. The van der Waals surface area contributed by atoms with E-state index in [2.05, 4.69) is 311 Å². The fraction of sp³-hybridized carbons (Fsp3) is 0.0294. The van der Waals surface area contributed by atoms with Crippen molar-refractivity contribution in [1.29, 1.82) is 0 Å². The van der Waals surface area contributed by atoms with Gasteiger partial charge in [0.1, 0.15) is 0 Å². The lowest BCUT2D eigenvalue weighted by atomic mass is 10.0. The first-order chi connectivity index (χ1) is 35.7. The number of fused-ring (bicyclic) bond motifs is 2. The van der Waals surface area contributed by atoms with Gasteiger partial charge in [0.2, 0.25) is 0 Å². The summed E-state index contributed by atoms with van der Waals surface area (Å²) in [6.07, 6.45) is 8.96. The standard InChI is InChI=1S/C68H52N4/c1-5-23-55(24-6-1)69(56-25-7-2-8-26-56)59-43-47-63(48-44-59)71(67-33-17-21-53-19-13-15-31-65(53)67)61-39-35-51(36-40-61)52-37-41-62(42-38-52)72(68-34-18-22-54-20-14-16-32-66(54)68)64-49-45-60(46-50-64)70(57-27-9-3-10-28-57)58-29-11-4-12-30-58/h1-3,5-11,13-50H,4,12H2. The zero-order chi connectivity index (χ0) is 48.1. The van der Waals surface area contributed by atoms with Crippen molar-refractivity contribution in [1.82, 2.24) is 0 Å². The van der Waals surface area contributed by atoms with Gasteiger partial charge in [0.25, 0.3) is 0 Å². The number of hydrogen-bond acceptors (Lipinski definition) is 4. The third kappa shape index (κ3) is 8.78. The molecule has 4 nitrogen and oxygen atoms in total. The summed E-state index contributed by atoms with van der Waals surface area (Å²) in [5, 5.41) is 4.79. The highest BCUT2D eigenvalue weighted by Gasteiger charge is 2.21. The molecule has 4 heteroatoms. The van der Waals surface area contributed by atoms with E-state index in [-0.39, 0.29) is 0 Å². The molecule has 0 amide bonds. The van der Waals surface area contributed by atoms with Crippen LogP contribution in [0.5, 0.6) is 0 Å². The van der Waals surface area contributed by atoms with E-state index in [0.717, 1.165) is 86.5 Å². The summed E-state index contributed by atoms with van der Waals surface area (Å²) in [5.41, 5.74) is 15.6. The summed E-state index contributed by atoms with van der Waals surface area (Å²) in [6, 6.07) is 98.2. The Kier molecular flexibility index (Phi) is 12.1. The first-order valence-electron chi connectivity index (χ1n) is 24.8. The molecule has 0 spiro atoms. The van der Waals surface area contributed by atoms with Gasteiger partial charge < -0.3 is 19.6 Å². The molecule has 0 aromatic heterocycles. The van der Waals surface area contributed by atoms with Crippen molar-refractivity contribution >= 4 is 84.1 Å². The van der Waals surface area contributed by atoms with E-state index in [9.17, 15) is 0 Å². The summed E-state index contributed by atoms with van der Waals surface area (Å²) in [6.45, 7) is 0. The molecule has 1 aliphatic carbocycles. The Bertz CT molecular complexity index is 3610. The van der Waals surface area contributed by atoms with Crippen LogP contribution in [0.15, 0.2) is 297 Å². The average Bonchev–Trinajstić information content (AvgIpc) is 3.46. The Hall–Kier alpha value is -9.38. The van der Waals surface area contributed by atoms with Crippen molar-refractivity contribution in [2.45, 2.75) is 12.8 Å². The normalized spacial score (nSPS) is 12.1. The number of rotatable bonds is 13. The van der Waals surface area contributed by atoms with E-state index in [0.29, 0.717) is 0 Å². The molecule has 0 bridgehead atoms. The van der Waals surface area contributed by atoms with E-state index in [1.807, 2.05) is 0 Å². The van der Waals surface area contributed by atoms with Crippen molar-refractivity contribution < 1.29 is 0 Å². The molecule has 0 fully saturated rings. The zero-order valence-electron chi connectivity index (χ0n) is 39.9. The number of para-hydroxylation sites is 3. The van der Waals surface area contributed by atoms with Gasteiger partial charge in [-0.05, 0) is 162 Å². The van der Waals surface area contributed by atoms with Gasteiger partial charge in [-0.3, -0.25) is 0 Å². The van der Waals surface area contributed by atoms with Crippen molar-refractivity contribution in [2.75, 3.05) is 19.6 Å². The number of allylic oxidation sites excluding steroid dienone is 3. The summed E-state index contributed by atoms with van der Waals surface area (Å²) < 4.78 is 0. The number of anilines is 11. The lowest BCUT2D eigenvalue weighted by Gasteiger charge is -2.30. The molecule has 0 radical (unpaired) electrons. The SMILES string of the molecule is C1=CC(N(c2ccccc2)c2ccc(N(c3ccc(-c4ccc(N(c5ccc(N(c6ccccc6)c6ccccc6)cc5)c5cccc6ccccc56)cc4)cc3)c3cccc4ccccc34)cc2)=CCC1. The predicted molar refractivity (Wildman–Crippen MR) is 306 cm³/mol. The largest absolute Gasteiger partial charge is 0.311 e. The molecule has 344 valence electrons. The molecule has 0 aliphatic heterocycles. The van der Waals surface area contributed by atoms with Gasteiger partial charge >= 0.3 is 0 Å². The predicted octanol–water partition coefficient (Wildman–Crippen LogP) is 19.4. The van der Waals surface area contributed by atoms with Crippen LogP contribution < -0.4 is 19.6 Å². The third-order valence-electron chi connectivity index (χ3n) is 13.6. The molecule has 11 aromatic carbocycles. The Balaban J connectivity index is 0.889. The molecule has 0 atom stereocenters. The summed E-state index contributed by atoms with van der Waals surface area (Å²) in [4.78, 5) is 9.42. The van der Waals surface area contributed by atoms with Crippen LogP contribution in [0, 0.1) is 0 Å². The fourth-order valence-corrected chi connectivity index (χ4v) is 10.2. The van der Waals surface area contributed by atoms with Crippen LogP contribution in [0.25, 0.3) is 32.7 Å². The van der Waals surface area contributed by atoms with Crippen LogP contribution in [0.2, 0.25) is 0 Å². The minimum Gasteiger partial charge on any atom is -0.311 e. The third-order valence-corrected chi connectivity index (χ3v) is 13.6. The second kappa shape index (κ2) is 19.9. The van der Waals surface area contributed by atoms with E-state index in [4.69, 9.17) is 0 Å². The van der Waals surface area contributed by atoms with Gasteiger partial charge in [0.05, 0.1) is 11.4 Å². The highest BCUT2D eigenvalue weighted by atomic mass is 15.2. The maximum atomic E-state index is 2.39. The van der Waals surface area contributed by atoms with Gasteiger partial charge in [0, 0.05) is 67.7 Å². The molecule has 1 aliphatic rings. The maximum Gasteiger partial charge on any atom is 0.0540 e. The van der Waals surface area contributed by atoms with Gasteiger partial charge in [-0.2, -0.15) is 0 Å². The summed E-state index contributed by atoms with van der Waals surface area (Å²) in [5.74, 6) is 0. The summed E-state index contributed by atoms with van der Waals surface area (Å²) >= 11 is 0. The van der Waals surface area contributed by atoms with Crippen LogP contribution in [0.4, 0.5) is 62.6 Å². The molecule has 11 aromatic rings. The number of hydrogen-bond donors (Lipinski definition) is 0. The lowest BCUT2D eigenvalue weighted by molar-refractivity contribution is 0.997. The smallest absolute Gasteiger partial charge is 0.0540 e. The van der Waals surface area contributed by atoms with Gasteiger partial charge in [-0.15, -0.1) is 0 Å². The quantitative estimate of drug-likeness (QED) is 0.114. The van der Waals surface area contributed by atoms with E-state index >= 15 is 0 Å². The average molecular weight is 925 g/mol. The van der Waals surface area contributed by atoms with Gasteiger partial charge in [-0.1, -0.05) is 164 Å². The molecule has 0 saturated carbocycles. The van der Waals surface area contributed by atoms with Crippen molar-refractivity contribution in [3.05, 3.63) is 297 Å². The molecule has 0 saturated heterocycles. The Morgan fingerprint density at radius 1 is 0.236 bits per heavy atom. The summed E-state index contributed by atoms with van der Waals surface area (Å²) in [7, 11) is 0. The second-order valence-corrected chi connectivity index (χ2v) is 18.1. The molecule has 0 N–H and O–H groups in total. The molecule has 12 rings (SSSR count). The minimum absolute atomic E-state index is 1.03. The van der Waals surface area contributed by atoms with Crippen LogP contribution in [0.1, 0.15) is 12.8 Å². The Morgan fingerprint density at radius 2 is 0.556 bits per heavy atom. The van der Waals surface area contributed by atoms with Crippen molar-refractivity contribution in [3.63, 3.8) is 0 Å². The first kappa shape index (κ1) is 43.9. The minimum atomic E-state index is 1.03. The highest BCUT2D eigenvalue weighted by molar-refractivity contribution is 6.00. The van der Waals surface area contributed by atoms with Crippen molar-refractivity contribution in [2.24, 2.45) is 0 Å². The van der Waals surface area contributed by atoms with E-state index in [1.54, 1.807) is 0 Å². The second-order valence-electron chi connectivity index (χ2n) is 18.1. The number of benzene rings is 11. The molecular formula is C68H52N4. The maximum absolute atomic E-state index is 2.39. The number of nitrogens with zero attached hydrogens (tertiary/aromatic N) is 4. The van der Waals surface area contributed by atoms with Crippen LogP contribution in [0.3, 0.4) is 0 Å². The van der Waals surface area contributed by atoms with Crippen LogP contribution in [-0.2, 0) is 0 Å². The van der Waals surface area contributed by atoms with Gasteiger partial charge in [-0.25, -0.2) is 0 Å². The van der Waals surface area contributed by atoms with E-state index in [1.165, 1.54) is 27.2 Å².